The van der Waals surface area contributed by atoms with Gasteiger partial charge in [0.05, 0.1) is 6.61 Å². The number of aliphatic hydroxyl groups is 1. The smallest absolute Gasteiger partial charge is 0.405 e. The number of hydrogen-bond acceptors (Lipinski definition) is 4. The van der Waals surface area contributed by atoms with Gasteiger partial charge < -0.3 is 21.3 Å². The van der Waals surface area contributed by atoms with E-state index in [1.54, 1.807) is 13.8 Å². The molecular formula is C13H20N2O3. The number of carbonyl (C=O) groups excluding carboxylic acids is 1. The average molecular weight is 252 g/mol. The number of carbonyl (C=O) groups is 1. The molecule has 5 heteroatoms. The molecule has 5 N–H and O–H groups in total. The lowest BCUT2D eigenvalue weighted by Gasteiger charge is -2.25. The lowest BCUT2D eigenvalue weighted by atomic mass is 9.93. The fourth-order valence-corrected chi connectivity index (χ4v) is 1.89. The summed E-state index contributed by atoms with van der Waals surface area (Å²) in [4.78, 5) is 10.8. The molecule has 1 aromatic carbocycles. The van der Waals surface area contributed by atoms with E-state index >= 15 is 0 Å². The molecule has 18 heavy (non-hydrogen) atoms. The molecule has 0 fully saturated rings. The van der Waals surface area contributed by atoms with Crippen molar-refractivity contribution in [2.24, 2.45) is 11.5 Å². The Bertz CT molecular complexity index is 430. The summed E-state index contributed by atoms with van der Waals surface area (Å²) in [5, 5.41) is 9.30. The molecule has 0 saturated heterocycles. The van der Waals surface area contributed by atoms with E-state index in [1.165, 1.54) is 0 Å². The zero-order valence-corrected chi connectivity index (χ0v) is 10.8. The average Bonchev–Trinajstić information content (AvgIpc) is 2.26. The van der Waals surface area contributed by atoms with Crippen molar-refractivity contribution in [3.05, 3.63) is 34.9 Å². The minimum Gasteiger partial charge on any atom is -0.443 e. The summed E-state index contributed by atoms with van der Waals surface area (Å²) in [7, 11) is 0. The summed E-state index contributed by atoms with van der Waals surface area (Å²) in [5.74, 6) is 0. The van der Waals surface area contributed by atoms with Crippen LogP contribution < -0.4 is 11.5 Å². The van der Waals surface area contributed by atoms with Crippen molar-refractivity contribution in [2.45, 2.75) is 39.0 Å². The Morgan fingerprint density at radius 2 is 2.06 bits per heavy atom. The lowest BCUT2D eigenvalue weighted by Crippen LogP contribution is -2.33. The van der Waals surface area contributed by atoms with Crippen molar-refractivity contribution in [2.75, 3.05) is 0 Å². The van der Waals surface area contributed by atoms with Gasteiger partial charge in [-0.3, -0.25) is 0 Å². The molecule has 0 aliphatic carbocycles. The Morgan fingerprint density at radius 3 is 2.56 bits per heavy atom. The molecule has 1 aromatic rings. The molecule has 0 aliphatic heterocycles. The minimum atomic E-state index is -0.805. The van der Waals surface area contributed by atoms with Crippen LogP contribution in [0.2, 0.25) is 0 Å². The zero-order valence-electron chi connectivity index (χ0n) is 10.8. The van der Waals surface area contributed by atoms with Crippen LogP contribution in [0.3, 0.4) is 0 Å². The first kappa shape index (κ1) is 14.5. The van der Waals surface area contributed by atoms with Crippen LogP contribution in [0.25, 0.3) is 0 Å². The van der Waals surface area contributed by atoms with E-state index in [0.29, 0.717) is 13.0 Å². The van der Waals surface area contributed by atoms with Gasteiger partial charge in [-0.1, -0.05) is 18.2 Å². The van der Waals surface area contributed by atoms with Gasteiger partial charge in [0.1, 0.15) is 5.60 Å². The number of ether oxygens (including phenoxy) is 1. The Hall–Kier alpha value is -1.59. The largest absolute Gasteiger partial charge is 0.443 e. The van der Waals surface area contributed by atoms with Crippen molar-refractivity contribution in [3.63, 3.8) is 0 Å². The summed E-state index contributed by atoms with van der Waals surface area (Å²) in [5.41, 5.74) is 12.6. The highest BCUT2D eigenvalue weighted by molar-refractivity contribution is 5.65. The zero-order chi connectivity index (χ0) is 13.8. The van der Waals surface area contributed by atoms with Crippen molar-refractivity contribution < 1.29 is 14.6 Å². The monoisotopic (exact) mass is 252 g/mol. The molecule has 0 heterocycles. The van der Waals surface area contributed by atoms with Gasteiger partial charge in [-0.2, -0.15) is 0 Å². The van der Waals surface area contributed by atoms with Gasteiger partial charge in [-0.05, 0) is 30.5 Å². The third-order valence-corrected chi connectivity index (χ3v) is 2.67. The van der Waals surface area contributed by atoms with Crippen molar-refractivity contribution >= 4 is 6.09 Å². The van der Waals surface area contributed by atoms with Gasteiger partial charge in [0, 0.05) is 13.0 Å². The van der Waals surface area contributed by atoms with Crippen molar-refractivity contribution in [1.82, 2.24) is 0 Å². The molecule has 1 amide bonds. The van der Waals surface area contributed by atoms with E-state index in [9.17, 15) is 9.90 Å². The fourth-order valence-electron chi connectivity index (χ4n) is 1.89. The van der Waals surface area contributed by atoms with Gasteiger partial charge in [-0.25, -0.2) is 4.79 Å². The van der Waals surface area contributed by atoms with Gasteiger partial charge >= 0.3 is 6.09 Å². The third kappa shape index (κ3) is 4.01. The lowest BCUT2D eigenvalue weighted by molar-refractivity contribution is 0.0457. The first-order chi connectivity index (χ1) is 8.38. The van der Waals surface area contributed by atoms with Gasteiger partial charge in [0.25, 0.3) is 0 Å². The Morgan fingerprint density at radius 1 is 1.39 bits per heavy atom. The first-order valence-corrected chi connectivity index (χ1v) is 5.78. The highest BCUT2D eigenvalue weighted by Gasteiger charge is 2.23. The predicted molar refractivity (Wildman–Crippen MR) is 68.7 cm³/mol. The van der Waals surface area contributed by atoms with Crippen LogP contribution in [0.5, 0.6) is 0 Å². The Balaban J connectivity index is 2.97. The molecule has 1 rings (SSSR count). The predicted octanol–water partition coefficient (Wildman–Crippen LogP) is 1.05. The highest BCUT2D eigenvalue weighted by Crippen LogP contribution is 2.21. The molecule has 0 bridgehead atoms. The van der Waals surface area contributed by atoms with E-state index in [-0.39, 0.29) is 6.61 Å². The normalized spacial score (nSPS) is 11.3. The molecule has 0 atom stereocenters. The highest BCUT2D eigenvalue weighted by atomic mass is 16.6. The molecule has 0 unspecified atom stereocenters. The number of aliphatic hydroxyl groups excluding tert-OH is 1. The SMILES string of the molecule is CC(C)(Cc1cc(CN)ccc1CO)OC(N)=O. The maximum absolute atomic E-state index is 10.8. The van der Waals surface area contributed by atoms with E-state index in [2.05, 4.69) is 0 Å². The molecule has 0 saturated carbocycles. The number of rotatable bonds is 5. The molecular weight excluding hydrogens is 232 g/mol. The van der Waals surface area contributed by atoms with Crippen molar-refractivity contribution in [3.8, 4) is 0 Å². The molecule has 0 aliphatic rings. The van der Waals surface area contributed by atoms with E-state index < -0.39 is 11.7 Å². The van der Waals surface area contributed by atoms with Crippen LogP contribution in [-0.2, 0) is 24.3 Å². The molecule has 0 radical (unpaired) electrons. The number of nitrogens with two attached hydrogens (primary N) is 2. The summed E-state index contributed by atoms with van der Waals surface area (Å²) in [6, 6.07) is 5.62. The van der Waals surface area contributed by atoms with Crippen LogP contribution in [-0.4, -0.2) is 16.8 Å². The van der Waals surface area contributed by atoms with Crippen LogP contribution in [0.15, 0.2) is 18.2 Å². The second kappa shape index (κ2) is 5.84. The number of primary amides is 1. The Kier molecular flexibility index (Phi) is 4.69. The standard InChI is InChI=1S/C13H20N2O3/c1-13(2,18-12(15)17)6-11-5-9(7-14)3-4-10(11)8-16/h3-5,16H,6-8,14H2,1-2H3,(H2,15,17). The summed E-state index contributed by atoms with van der Waals surface area (Å²) < 4.78 is 5.04. The number of amides is 1. The first-order valence-electron chi connectivity index (χ1n) is 5.78. The van der Waals surface area contributed by atoms with E-state index in [1.807, 2.05) is 18.2 Å². The maximum Gasteiger partial charge on any atom is 0.405 e. The van der Waals surface area contributed by atoms with Gasteiger partial charge in [0.2, 0.25) is 0 Å². The molecule has 5 nitrogen and oxygen atoms in total. The van der Waals surface area contributed by atoms with E-state index in [0.717, 1.165) is 16.7 Å². The van der Waals surface area contributed by atoms with Gasteiger partial charge in [-0.15, -0.1) is 0 Å². The van der Waals surface area contributed by atoms with Crippen LogP contribution >= 0.6 is 0 Å². The molecule has 0 aromatic heterocycles. The Labute approximate surface area is 107 Å². The fraction of sp³-hybridized carbons (Fsp3) is 0.462. The number of benzene rings is 1. The summed E-state index contributed by atoms with van der Waals surface area (Å²) in [6.07, 6.45) is -0.333. The summed E-state index contributed by atoms with van der Waals surface area (Å²) in [6.45, 7) is 3.91. The molecule has 100 valence electrons. The minimum absolute atomic E-state index is 0.0627. The van der Waals surface area contributed by atoms with Crippen LogP contribution in [0.4, 0.5) is 4.79 Å². The molecule has 0 spiro atoms. The maximum atomic E-state index is 10.8. The topological polar surface area (TPSA) is 98.6 Å². The van der Waals surface area contributed by atoms with Gasteiger partial charge in [0.15, 0.2) is 0 Å². The second-order valence-corrected chi connectivity index (χ2v) is 4.82. The third-order valence-electron chi connectivity index (χ3n) is 2.67. The number of hydrogen-bond donors (Lipinski definition) is 3. The van der Waals surface area contributed by atoms with Crippen LogP contribution in [0.1, 0.15) is 30.5 Å². The van der Waals surface area contributed by atoms with Crippen molar-refractivity contribution in [1.29, 1.82) is 0 Å². The van der Waals surface area contributed by atoms with Crippen LogP contribution in [0, 0.1) is 0 Å². The quantitative estimate of drug-likeness (QED) is 0.729. The second-order valence-electron chi connectivity index (χ2n) is 4.82. The summed E-state index contributed by atoms with van der Waals surface area (Å²) >= 11 is 0. The van der Waals surface area contributed by atoms with E-state index in [4.69, 9.17) is 16.2 Å².